The minimum absolute atomic E-state index is 0. The predicted molar refractivity (Wildman–Crippen MR) is 166 cm³/mol. The molecule has 1 N–H and O–H groups in total. The van der Waals surface area contributed by atoms with Gasteiger partial charge in [0.15, 0.2) is 5.78 Å². The van der Waals surface area contributed by atoms with Gasteiger partial charge in [0.1, 0.15) is 0 Å². The Labute approximate surface area is 253 Å². The van der Waals surface area contributed by atoms with Crippen LogP contribution in [0.25, 0.3) is 44.1 Å². The van der Waals surface area contributed by atoms with Crippen LogP contribution in [0.2, 0.25) is 17.3 Å². The van der Waals surface area contributed by atoms with Crippen molar-refractivity contribution in [3.63, 3.8) is 0 Å². The smallest absolute Gasteiger partial charge is 0 e. The van der Waals surface area contributed by atoms with E-state index in [-0.39, 0.29) is 31.6 Å². The number of hydrogen-bond acceptors (Lipinski definition) is 4. The van der Waals surface area contributed by atoms with Crippen LogP contribution in [0.3, 0.4) is 0 Å². The Morgan fingerprint density at radius 2 is 1.60 bits per heavy atom. The predicted octanol–water partition coefficient (Wildman–Crippen LogP) is 8.11. The Hall–Kier alpha value is -3.12. The van der Waals surface area contributed by atoms with E-state index in [4.69, 9.17) is 15.1 Å². The summed E-state index contributed by atoms with van der Waals surface area (Å²) in [5.74, 6) is 7.29. The van der Waals surface area contributed by atoms with Gasteiger partial charge in [0, 0.05) is 26.2 Å². The maximum absolute atomic E-state index is 10.0. The maximum atomic E-state index is 10.0. The van der Waals surface area contributed by atoms with Gasteiger partial charge in [0.25, 0.3) is 0 Å². The van der Waals surface area contributed by atoms with Crippen molar-refractivity contribution in [1.82, 2.24) is 9.97 Å². The topological polar surface area (TPSA) is 63.1 Å². The van der Waals surface area contributed by atoms with Crippen LogP contribution in [0.1, 0.15) is 25.0 Å². The Morgan fingerprint density at radius 1 is 0.900 bits per heavy atom. The molecule has 207 valence electrons. The Morgan fingerprint density at radius 3 is 2.17 bits per heavy atom. The monoisotopic (exact) mass is 770 g/mol. The first kappa shape index (κ1) is 31.4. The van der Waals surface area contributed by atoms with Crippen LogP contribution in [0, 0.1) is 19.9 Å². The van der Waals surface area contributed by atoms with Crippen molar-refractivity contribution in [2.75, 3.05) is 0 Å². The van der Waals surface area contributed by atoms with Crippen LogP contribution in [-0.4, -0.2) is 34.1 Å². The van der Waals surface area contributed by atoms with Gasteiger partial charge in [-0.1, -0.05) is 0 Å². The summed E-state index contributed by atoms with van der Waals surface area (Å²) < 4.78 is 1.49. The molecule has 40 heavy (non-hydrogen) atoms. The molecule has 0 amide bonds. The maximum Gasteiger partial charge on any atom is 0 e. The average molecular weight is 768 g/mol. The second kappa shape index (κ2) is 13.0. The molecule has 5 rings (SSSR count). The van der Waals surface area contributed by atoms with Gasteiger partial charge >= 0.3 is 193 Å². The molecule has 0 saturated carbocycles. The van der Waals surface area contributed by atoms with Crippen molar-refractivity contribution in [3.05, 3.63) is 102 Å². The Kier molecular flexibility index (Phi) is 10.2. The largest absolute Gasteiger partial charge is 0 e. The molecule has 2 heterocycles. The van der Waals surface area contributed by atoms with Crippen LogP contribution >= 0.6 is 0 Å². The minimum atomic E-state index is -2.13. The molecule has 0 unspecified atom stereocenters. The fourth-order valence-corrected chi connectivity index (χ4v) is 8.31. The van der Waals surface area contributed by atoms with Gasteiger partial charge in [-0.2, -0.15) is 0 Å². The van der Waals surface area contributed by atoms with Gasteiger partial charge in [0.2, 0.25) is 0 Å². The number of aromatic nitrogens is 2. The van der Waals surface area contributed by atoms with Crippen molar-refractivity contribution in [3.8, 4) is 22.4 Å². The second-order valence-electron chi connectivity index (χ2n) is 11.0. The number of rotatable bonds is 4. The van der Waals surface area contributed by atoms with E-state index in [1.807, 2.05) is 12.4 Å². The molecule has 0 aliphatic heterocycles. The van der Waals surface area contributed by atoms with Gasteiger partial charge in [-0.3, -0.25) is 4.79 Å². The quantitative estimate of drug-likeness (QED) is 0.0661. The first-order chi connectivity index (χ1) is 18.5. The first-order valence-electron chi connectivity index (χ1n) is 13.1. The van der Waals surface area contributed by atoms with Crippen molar-refractivity contribution in [2.45, 2.75) is 45.0 Å². The van der Waals surface area contributed by atoms with Gasteiger partial charge in [-0.15, -0.1) is 0 Å². The number of benzene rings is 3. The Bertz CT molecular complexity index is 1680. The number of nitrogens with zero attached hydrogens (tertiary/aromatic N) is 2. The summed E-state index contributed by atoms with van der Waals surface area (Å²) in [7, 11) is 0. The summed E-state index contributed by atoms with van der Waals surface area (Å²) in [6.45, 7) is 7.05. The summed E-state index contributed by atoms with van der Waals surface area (Å²) in [6.07, 6.45) is 5.09. The van der Waals surface area contributed by atoms with Crippen molar-refractivity contribution < 1.29 is 30.0 Å². The summed E-state index contributed by atoms with van der Waals surface area (Å²) >= 11 is -2.13. The molecule has 0 aliphatic rings. The number of fused-ring (bicyclic) bond motifs is 3. The molecule has 2 aromatic heterocycles. The zero-order valence-corrected chi connectivity index (χ0v) is 28.6. The first-order valence-corrected chi connectivity index (χ1v) is 20.4. The van der Waals surface area contributed by atoms with E-state index in [1.54, 1.807) is 0 Å². The summed E-state index contributed by atoms with van der Waals surface area (Å²) in [4.78, 5) is 19.8. The molecule has 6 heteroatoms. The molecular formula is C34H35GeIrN2O2-. The van der Waals surface area contributed by atoms with Crippen molar-refractivity contribution in [1.29, 1.82) is 0 Å². The third-order valence-electron chi connectivity index (χ3n) is 6.47. The van der Waals surface area contributed by atoms with E-state index in [0.717, 1.165) is 27.7 Å². The number of hydrogen-bond donors (Lipinski definition) is 1. The molecule has 0 fully saturated rings. The zero-order valence-electron chi connectivity index (χ0n) is 24.1. The average Bonchev–Trinajstić information content (AvgIpc) is 2.86. The molecule has 4 nitrogen and oxygen atoms in total. The van der Waals surface area contributed by atoms with E-state index in [2.05, 4.69) is 97.8 Å². The van der Waals surface area contributed by atoms with Gasteiger partial charge < -0.3 is 5.11 Å². The van der Waals surface area contributed by atoms with Gasteiger partial charge in [-0.25, -0.2) is 0 Å². The fraction of sp³-hybridized carbons (Fsp3) is 0.206. The standard InChI is InChI=1S/C29H27GeN2.C5H8O2.Ir/c1-19-15-20(2)17-22(16-19)28-25-18-32-29-24(23(25)13-14-31-28)11-12-26(30(3,4)5)27(29)21-9-7-6-8-10-21;1-4(6)3-5(2)7;/h6-16,18H,1-5H3;3,6H,1-2H3;/q-1;;/b;4-3-;. The van der Waals surface area contributed by atoms with Crippen LogP contribution in [0.15, 0.2) is 84.9 Å². The van der Waals surface area contributed by atoms with Crippen LogP contribution < -0.4 is 4.40 Å². The van der Waals surface area contributed by atoms with E-state index >= 15 is 0 Å². The molecule has 5 aromatic rings. The second-order valence-corrected chi connectivity index (χ2v) is 21.6. The summed E-state index contributed by atoms with van der Waals surface area (Å²) in [6, 6.07) is 25.3. The van der Waals surface area contributed by atoms with Crippen LogP contribution in [-0.2, 0) is 24.9 Å². The normalized spacial score (nSPS) is 11.5. The van der Waals surface area contributed by atoms with E-state index in [1.165, 1.54) is 51.8 Å². The van der Waals surface area contributed by atoms with E-state index in [0.29, 0.717) is 0 Å². The summed E-state index contributed by atoms with van der Waals surface area (Å²) in [5, 5.41) is 11.8. The number of carbonyl (C=O) groups excluding carboxylic acids is 1. The molecule has 0 bridgehead atoms. The Balaban J connectivity index is 0.000000492. The molecule has 0 aliphatic carbocycles. The molecule has 3 aromatic carbocycles. The van der Waals surface area contributed by atoms with Crippen molar-refractivity contribution in [2.24, 2.45) is 0 Å². The molecule has 0 spiro atoms. The minimum Gasteiger partial charge on any atom is 0 e. The van der Waals surface area contributed by atoms with Gasteiger partial charge in [-0.05, 0) is 13.8 Å². The zero-order chi connectivity index (χ0) is 28.3. The number of ketones is 1. The number of pyridine rings is 2. The van der Waals surface area contributed by atoms with Crippen LogP contribution in [0.5, 0.6) is 0 Å². The van der Waals surface area contributed by atoms with Gasteiger partial charge in [0.05, 0.1) is 5.76 Å². The number of carbonyl (C=O) groups is 1. The number of allylic oxidation sites excluding steroid dienone is 2. The third kappa shape index (κ3) is 7.14. The molecule has 0 atom stereocenters. The van der Waals surface area contributed by atoms with Crippen molar-refractivity contribution >= 4 is 45.1 Å². The third-order valence-corrected chi connectivity index (χ3v) is 10.7. The van der Waals surface area contributed by atoms with Crippen LogP contribution in [0.4, 0.5) is 0 Å². The molecule has 0 saturated heterocycles. The molecular weight excluding hydrogens is 733 g/mol. The number of aliphatic hydroxyl groups is 1. The van der Waals surface area contributed by atoms with E-state index < -0.39 is 13.3 Å². The number of aliphatic hydroxyl groups excluding tert-OH is 1. The SMILES string of the molecule is CC(=O)/C=C(/C)O.Cc1[c-]c(-c2nccc3c2cnc2c(-c4ccccc4)[c]([Ge]([CH3])([CH3])[CH3])ccc23)cc(C)c1.[Ir]. The molecule has 1 radical (unpaired) electrons. The fourth-order valence-electron chi connectivity index (χ4n) is 4.96. The summed E-state index contributed by atoms with van der Waals surface area (Å²) in [5.41, 5.74) is 7.95. The van der Waals surface area contributed by atoms with E-state index in [9.17, 15) is 4.79 Å². The number of aryl methyl sites for hydroxylation is 2.